The zero-order valence-corrected chi connectivity index (χ0v) is 14.0. The number of hydrogen-bond donors (Lipinski definition) is 1. The van der Waals surface area contributed by atoms with E-state index in [-0.39, 0.29) is 11.9 Å². The Balaban J connectivity index is 1.47. The average molecular weight is 337 g/mol. The fourth-order valence-electron chi connectivity index (χ4n) is 2.83. The van der Waals surface area contributed by atoms with Gasteiger partial charge in [-0.2, -0.15) is 0 Å². The van der Waals surface area contributed by atoms with E-state index in [0.29, 0.717) is 23.1 Å². The number of nitrogens with zero attached hydrogens (tertiary/aromatic N) is 2. The van der Waals surface area contributed by atoms with Crippen LogP contribution in [0.15, 0.2) is 18.9 Å². The molecule has 23 heavy (non-hydrogen) atoms. The number of ether oxygens (including phenoxy) is 2. The van der Waals surface area contributed by atoms with Crippen LogP contribution in [0.3, 0.4) is 0 Å². The highest BCUT2D eigenvalue weighted by atomic mass is 32.1. The SMILES string of the molecule is C=CCCN1CCC(NC(=O)c2cnc(C3OCCO3)s2)CC1. The summed E-state index contributed by atoms with van der Waals surface area (Å²) < 4.78 is 10.8. The summed E-state index contributed by atoms with van der Waals surface area (Å²) in [6.45, 7) is 8.02. The third-order valence-electron chi connectivity index (χ3n) is 4.14. The molecule has 0 atom stereocenters. The van der Waals surface area contributed by atoms with Crippen molar-refractivity contribution in [2.24, 2.45) is 0 Å². The standard InChI is InChI=1S/C16H23N3O3S/c1-2-3-6-19-7-4-12(5-8-19)18-14(20)13-11-17-15(23-13)16-21-9-10-22-16/h2,11-12,16H,1,3-10H2,(H,18,20). The van der Waals surface area contributed by atoms with Crippen LogP contribution >= 0.6 is 11.3 Å². The summed E-state index contributed by atoms with van der Waals surface area (Å²) in [5.74, 6) is -0.0451. The smallest absolute Gasteiger partial charge is 0.263 e. The predicted octanol–water partition coefficient (Wildman–Crippen LogP) is 1.96. The molecule has 3 heterocycles. The number of carbonyl (C=O) groups is 1. The first-order chi connectivity index (χ1) is 11.3. The molecule has 0 saturated carbocycles. The summed E-state index contributed by atoms with van der Waals surface area (Å²) in [6, 6.07) is 0.243. The molecule has 1 aromatic heterocycles. The highest BCUT2D eigenvalue weighted by Gasteiger charge is 2.25. The van der Waals surface area contributed by atoms with Crippen molar-refractivity contribution in [2.75, 3.05) is 32.8 Å². The Labute approximate surface area is 140 Å². The average Bonchev–Trinajstić information content (AvgIpc) is 3.25. The lowest BCUT2D eigenvalue weighted by Gasteiger charge is -2.31. The number of amides is 1. The van der Waals surface area contributed by atoms with E-state index < -0.39 is 6.29 Å². The Morgan fingerprint density at radius 1 is 1.43 bits per heavy atom. The molecule has 7 heteroatoms. The number of aromatic nitrogens is 1. The minimum atomic E-state index is -0.408. The minimum absolute atomic E-state index is 0.0451. The number of nitrogens with one attached hydrogen (secondary N) is 1. The van der Waals surface area contributed by atoms with Crippen molar-refractivity contribution in [3.63, 3.8) is 0 Å². The Bertz CT molecular complexity index is 534. The number of likely N-dealkylation sites (tertiary alicyclic amines) is 1. The molecule has 1 amide bonds. The first-order valence-electron chi connectivity index (χ1n) is 8.09. The lowest BCUT2D eigenvalue weighted by Crippen LogP contribution is -2.44. The summed E-state index contributed by atoms with van der Waals surface area (Å²) in [4.78, 5) is 19.6. The van der Waals surface area contributed by atoms with Gasteiger partial charge >= 0.3 is 0 Å². The summed E-state index contributed by atoms with van der Waals surface area (Å²) in [6.07, 6.45) is 6.15. The second-order valence-corrected chi connectivity index (χ2v) is 6.87. The summed E-state index contributed by atoms with van der Waals surface area (Å²) in [5, 5.41) is 3.83. The zero-order valence-electron chi connectivity index (χ0n) is 13.2. The van der Waals surface area contributed by atoms with Gasteiger partial charge in [0.2, 0.25) is 6.29 Å². The molecule has 2 saturated heterocycles. The van der Waals surface area contributed by atoms with Crippen molar-refractivity contribution in [1.29, 1.82) is 0 Å². The fraction of sp³-hybridized carbons (Fsp3) is 0.625. The quantitative estimate of drug-likeness (QED) is 0.804. The second kappa shape index (κ2) is 8.01. The van der Waals surface area contributed by atoms with Crippen LogP contribution < -0.4 is 5.32 Å². The second-order valence-electron chi connectivity index (χ2n) is 5.80. The van der Waals surface area contributed by atoms with Gasteiger partial charge in [0.05, 0.1) is 19.4 Å². The third-order valence-corrected chi connectivity index (χ3v) is 5.16. The van der Waals surface area contributed by atoms with Crippen LogP contribution in [0.4, 0.5) is 0 Å². The Kier molecular flexibility index (Phi) is 5.77. The summed E-state index contributed by atoms with van der Waals surface area (Å²) >= 11 is 1.34. The number of thiazole rings is 1. The van der Waals surface area contributed by atoms with Gasteiger partial charge in [0.15, 0.2) is 0 Å². The van der Waals surface area contributed by atoms with Gasteiger partial charge in [-0.25, -0.2) is 4.98 Å². The molecule has 6 nitrogen and oxygen atoms in total. The highest BCUT2D eigenvalue weighted by molar-refractivity contribution is 7.13. The minimum Gasteiger partial charge on any atom is -0.348 e. The Hall–Kier alpha value is -1.28. The van der Waals surface area contributed by atoms with Gasteiger partial charge in [0, 0.05) is 25.7 Å². The number of rotatable bonds is 6. The monoisotopic (exact) mass is 337 g/mol. The molecule has 0 bridgehead atoms. The van der Waals surface area contributed by atoms with E-state index in [9.17, 15) is 4.79 Å². The Morgan fingerprint density at radius 3 is 2.87 bits per heavy atom. The van der Waals surface area contributed by atoms with E-state index in [1.54, 1.807) is 6.20 Å². The van der Waals surface area contributed by atoms with Crippen molar-refractivity contribution in [3.8, 4) is 0 Å². The zero-order chi connectivity index (χ0) is 16.1. The first kappa shape index (κ1) is 16.6. The topological polar surface area (TPSA) is 63.7 Å². The van der Waals surface area contributed by atoms with Crippen LogP contribution in [0.5, 0.6) is 0 Å². The molecule has 2 aliphatic rings. The van der Waals surface area contributed by atoms with Crippen LogP contribution in [0.2, 0.25) is 0 Å². The fourth-order valence-corrected chi connectivity index (χ4v) is 3.65. The van der Waals surface area contributed by atoms with E-state index in [0.717, 1.165) is 38.9 Å². The molecule has 3 rings (SSSR count). The lowest BCUT2D eigenvalue weighted by molar-refractivity contribution is -0.0442. The summed E-state index contributed by atoms with van der Waals surface area (Å²) in [5.41, 5.74) is 0. The number of hydrogen-bond acceptors (Lipinski definition) is 6. The van der Waals surface area contributed by atoms with E-state index in [4.69, 9.17) is 9.47 Å². The van der Waals surface area contributed by atoms with E-state index in [1.807, 2.05) is 6.08 Å². The number of piperidine rings is 1. The van der Waals surface area contributed by atoms with Crippen LogP contribution in [0, 0.1) is 0 Å². The van der Waals surface area contributed by atoms with Crippen molar-refractivity contribution in [1.82, 2.24) is 15.2 Å². The molecule has 0 radical (unpaired) electrons. The molecule has 2 fully saturated rings. The van der Waals surface area contributed by atoms with Crippen LogP contribution in [-0.4, -0.2) is 54.7 Å². The maximum atomic E-state index is 12.3. The maximum Gasteiger partial charge on any atom is 0.263 e. The predicted molar refractivity (Wildman–Crippen MR) is 88.5 cm³/mol. The van der Waals surface area contributed by atoms with Crippen molar-refractivity contribution in [3.05, 3.63) is 28.7 Å². The first-order valence-corrected chi connectivity index (χ1v) is 8.91. The van der Waals surface area contributed by atoms with Gasteiger partial charge in [-0.1, -0.05) is 6.08 Å². The van der Waals surface area contributed by atoms with Crippen LogP contribution in [-0.2, 0) is 9.47 Å². The molecule has 1 N–H and O–H groups in total. The van der Waals surface area contributed by atoms with Crippen molar-refractivity contribution >= 4 is 17.2 Å². The molecule has 2 aliphatic heterocycles. The normalized spacial score (nSPS) is 20.7. The summed E-state index contributed by atoms with van der Waals surface area (Å²) in [7, 11) is 0. The maximum absolute atomic E-state index is 12.3. The van der Waals surface area contributed by atoms with Gasteiger partial charge in [0.25, 0.3) is 5.91 Å². The molecule has 0 spiro atoms. The van der Waals surface area contributed by atoms with Gasteiger partial charge in [0.1, 0.15) is 9.88 Å². The highest BCUT2D eigenvalue weighted by Crippen LogP contribution is 2.27. The van der Waals surface area contributed by atoms with E-state index >= 15 is 0 Å². The van der Waals surface area contributed by atoms with Crippen LogP contribution in [0.25, 0.3) is 0 Å². The largest absolute Gasteiger partial charge is 0.348 e. The van der Waals surface area contributed by atoms with E-state index in [2.05, 4.69) is 21.8 Å². The molecular weight excluding hydrogens is 314 g/mol. The molecule has 0 aromatic carbocycles. The number of carbonyl (C=O) groups excluding carboxylic acids is 1. The molecule has 1 aromatic rings. The van der Waals surface area contributed by atoms with Crippen LogP contribution in [0.1, 0.15) is 40.2 Å². The lowest BCUT2D eigenvalue weighted by atomic mass is 10.0. The molecular formula is C16H23N3O3S. The van der Waals surface area contributed by atoms with Crippen molar-refractivity contribution in [2.45, 2.75) is 31.6 Å². The molecule has 126 valence electrons. The van der Waals surface area contributed by atoms with Crippen molar-refractivity contribution < 1.29 is 14.3 Å². The molecule has 0 aliphatic carbocycles. The Morgan fingerprint density at radius 2 is 2.17 bits per heavy atom. The van der Waals surface area contributed by atoms with Gasteiger partial charge in [-0.3, -0.25) is 4.79 Å². The third kappa shape index (κ3) is 4.38. The van der Waals surface area contributed by atoms with Gasteiger partial charge in [-0.15, -0.1) is 17.9 Å². The van der Waals surface area contributed by atoms with Gasteiger partial charge in [-0.05, 0) is 19.3 Å². The van der Waals surface area contributed by atoms with E-state index in [1.165, 1.54) is 11.3 Å². The van der Waals surface area contributed by atoms with Gasteiger partial charge < -0.3 is 19.7 Å². The molecule has 0 unspecified atom stereocenters.